The van der Waals surface area contributed by atoms with Crippen molar-refractivity contribution in [2.24, 2.45) is 0 Å². The molecule has 6 nitrogen and oxygen atoms in total. The normalized spacial score (nSPS) is 18.2. The molecule has 160 valence electrons. The standard InChI is InChI=1S/C24H15F2NO5/c25-24(26)32-17-6-2-1-4-13(17)10-19-22(29)15-7-8-18-21(23(15)31-19)16(11-20(28)30-18)14-5-3-9-27-12-14/h1-10,12,16,24H,11H2. The monoisotopic (exact) mass is 435 g/mol. The molecule has 0 saturated carbocycles. The van der Waals surface area contributed by atoms with Crippen LogP contribution in [0.15, 0.2) is 66.7 Å². The van der Waals surface area contributed by atoms with Crippen LogP contribution in [0.4, 0.5) is 8.78 Å². The lowest BCUT2D eigenvalue weighted by Crippen LogP contribution is -2.21. The molecule has 0 N–H and O–H groups in total. The number of hydrogen-bond acceptors (Lipinski definition) is 6. The first-order valence-electron chi connectivity index (χ1n) is 9.77. The molecular formula is C24H15F2NO5. The summed E-state index contributed by atoms with van der Waals surface area (Å²) in [5.74, 6) is -0.735. The third kappa shape index (κ3) is 3.49. The molecule has 8 heteroatoms. The maximum atomic E-state index is 13.0. The van der Waals surface area contributed by atoms with Crippen LogP contribution in [-0.4, -0.2) is 23.3 Å². The number of benzene rings is 2. The average molecular weight is 435 g/mol. The van der Waals surface area contributed by atoms with Crippen molar-refractivity contribution in [2.45, 2.75) is 19.0 Å². The molecule has 3 aromatic rings. The number of ether oxygens (including phenoxy) is 3. The summed E-state index contributed by atoms with van der Waals surface area (Å²) in [6.45, 7) is -3.01. The highest BCUT2D eigenvalue weighted by atomic mass is 19.3. The SMILES string of the molecule is O=C1CC(c2cccnc2)c2c(ccc3c2OC(=Cc2ccccc2OC(F)F)C3=O)O1. The van der Waals surface area contributed by atoms with E-state index in [-0.39, 0.29) is 29.2 Å². The van der Waals surface area contributed by atoms with Crippen LogP contribution < -0.4 is 14.2 Å². The molecule has 0 saturated heterocycles. The van der Waals surface area contributed by atoms with E-state index in [1.54, 1.807) is 42.7 Å². The zero-order valence-corrected chi connectivity index (χ0v) is 16.5. The number of ketones is 1. The van der Waals surface area contributed by atoms with Gasteiger partial charge in [-0.1, -0.05) is 24.3 Å². The van der Waals surface area contributed by atoms with Crippen molar-refractivity contribution >= 4 is 17.8 Å². The van der Waals surface area contributed by atoms with Crippen molar-refractivity contribution in [3.05, 3.63) is 88.9 Å². The zero-order chi connectivity index (χ0) is 22.2. The van der Waals surface area contributed by atoms with Gasteiger partial charge < -0.3 is 14.2 Å². The number of fused-ring (bicyclic) bond motifs is 3. The van der Waals surface area contributed by atoms with Gasteiger partial charge in [-0.3, -0.25) is 14.6 Å². The first-order chi connectivity index (χ1) is 15.5. The van der Waals surface area contributed by atoms with Gasteiger partial charge in [-0.2, -0.15) is 8.78 Å². The van der Waals surface area contributed by atoms with Crippen LogP contribution in [0.25, 0.3) is 6.08 Å². The molecule has 0 fully saturated rings. The Labute approximate surface area is 181 Å². The fourth-order valence-corrected chi connectivity index (χ4v) is 3.92. The van der Waals surface area contributed by atoms with Gasteiger partial charge in [-0.15, -0.1) is 0 Å². The van der Waals surface area contributed by atoms with E-state index in [2.05, 4.69) is 9.72 Å². The number of alkyl halides is 2. The highest BCUT2D eigenvalue weighted by Gasteiger charge is 2.38. The number of para-hydroxylation sites is 1. The van der Waals surface area contributed by atoms with E-state index in [0.29, 0.717) is 16.9 Å². The van der Waals surface area contributed by atoms with Crippen molar-refractivity contribution in [3.63, 3.8) is 0 Å². The van der Waals surface area contributed by atoms with Crippen LogP contribution in [0.2, 0.25) is 0 Å². The second-order valence-corrected chi connectivity index (χ2v) is 7.23. The van der Waals surface area contributed by atoms with Gasteiger partial charge in [0.15, 0.2) is 5.76 Å². The Morgan fingerprint density at radius 1 is 1.06 bits per heavy atom. The summed E-state index contributed by atoms with van der Waals surface area (Å²) >= 11 is 0. The van der Waals surface area contributed by atoms with Crippen molar-refractivity contribution in [3.8, 4) is 17.2 Å². The van der Waals surface area contributed by atoms with Crippen molar-refractivity contribution < 1.29 is 32.6 Å². The third-order valence-electron chi connectivity index (χ3n) is 5.29. The van der Waals surface area contributed by atoms with Crippen molar-refractivity contribution in [1.29, 1.82) is 0 Å². The van der Waals surface area contributed by atoms with Crippen LogP contribution >= 0.6 is 0 Å². The van der Waals surface area contributed by atoms with Crippen LogP contribution in [-0.2, 0) is 4.79 Å². The number of carbonyl (C=O) groups is 2. The number of aromatic nitrogens is 1. The lowest BCUT2D eigenvalue weighted by atomic mass is 9.85. The second-order valence-electron chi connectivity index (χ2n) is 7.23. The number of Topliss-reactive ketones (excluding diaryl/α,β-unsaturated/α-hetero) is 1. The minimum Gasteiger partial charge on any atom is -0.452 e. The average Bonchev–Trinajstić information content (AvgIpc) is 3.10. The lowest BCUT2D eigenvalue weighted by molar-refractivity contribution is -0.135. The Balaban J connectivity index is 1.59. The molecule has 2 aliphatic heterocycles. The molecule has 0 radical (unpaired) electrons. The van der Waals surface area contributed by atoms with E-state index in [1.807, 2.05) is 6.07 Å². The van der Waals surface area contributed by atoms with Crippen LogP contribution in [0.1, 0.15) is 39.4 Å². The first kappa shape index (κ1) is 19.9. The molecule has 1 aromatic heterocycles. The summed E-state index contributed by atoms with van der Waals surface area (Å²) in [5, 5.41) is 0. The lowest BCUT2D eigenvalue weighted by Gasteiger charge is -2.26. The number of allylic oxidation sites excluding steroid dienone is 1. The number of hydrogen-bond donors (Lipinski definition) is 0. The Morgan fingerprint density at radius 2 is 1.91 bits per heavy atom. The second kappa shape index (κ2) is 7.88. The minimum absolute atomic E-state index is 0.0412. The summed E-state index contributed by atoms with van der Waals surface area (Å²) in [4.78, 5) is 29.3. The fourth-order valence-electron chi connectivity index (χ4n) is 3.92. The fraction of sp³-hybridized carbons (Fsp3) is 0.125. The molecule has 1 unspecified atom stereocenters. The Hall–Kier alpha value is -4.07. The topological polar surface area (TPSA) is 74.7 Å². The van der Waals surface area contributed by atoms with E-state index >= 15 is 0 Å². The maximum absolute atomic E-state index is 13.0. The predicted octanol–water partition coefficient (Wildman–Crippen LogP) is 4.74. The van der Waals surface area contributed by atoms with Crippen LogP contribution in [0.5, 0.6) is 17.2 Å². The largest absolute Gasteiger partial charge is 0.452 e. The van der Waals surface area contributed by atoms with Gasteiger partial charge in [-0.25, -0.2) is 0 Å². The molecule has 32 heavy (non-hydrogen) atoms. The highest BCUT2D eigenvalue weighted by Crippen LogP contribution is 2.49. The van der Waals surface area contributed by atoms with Crippen molar-refractivity contribution in [2.75, 3.05) is 0 Å². The van der Waals surface area contributed by atoms with E-state index in [1.165, 1.54) is 18.2 Å². The van der Waals surface area contributed by atoms with E-state index in [0.717, 1.165) is 5.56 Å². The Kier molecular flexibility index (Phi) is 4.89. The number of carbonyl (C=O) groups excluding carboxylic acids is 2. The van der Waals surface area contributed by atoms with E-state index in [4.69, 9.17) is 9.47 Å². The summed E-state index contributed by atoms with van der Waals surface area (Å²) in [6, 6.07) is 12.8. The number of nitrogens with zero attached hydrogens (tertiary/aromatic N) is 1. The van der Waals surface area contributed by atoms with Gasteiger partial charge in [0.2, 0.25) is 5.78 Å². The number of halogens is 2. The molecule has 0 bridgehead atoms. The summed E-state index contributed by atoms with van der Waals surface area (Å²) in [7, 11) is 0. The van der Waals surface area contributed by atoms with Crippen LogP contribution in [0.3, 0.4) is 0 Å². The number of pyridine rings is 1. The Bertz CT molecular complexity index is 1260. The zero-order valence-electron chi connectivity index (χ0n) is 16.5. The number of rotatable bonds is 4. The van der Waals surface area contributed by atoms with Gasteiger partial charge >= 0.3 is 12.6 Å². The van der Waals surface area contributed by atoms with Gasteiger partial charge in [0.05, 0.1) is 12.0 Å². The summed E-state index contributed by atoms with van der Waals surface area (Å²) in [6.07, 6.45) is 4.70. The summed E-state index contributed by atoms with van der Waals surface area (Å²) < 4.78 is 41.3. The number of esters is 1. The molecule has 0 spiro atoms. The molecule has 0 aliphatic carbocycles. The quantitative estimate of drug-likeness (QED) is 0.335. The predicted molar refractivity (Wildman–Crippen MR) is 109 cm³/mol. The Morgan fingerprint density at radius 3 is 2.69 bits per heavy atom. The molecule has 3 heterocycles. The first-order valence-corrected chi connectivity index (χ1v) is 9.77. The molecular weight excluding hydrogens is 420 g/mol. The smallest absolute Gasteiger partial charge is 0.387 e. The molecule has 2 aliphatic rings. The molecule has 0 amide bonds. The molecule has 1 atom stereocenters. The van der Waals surface area contributed by atoms with E-state index < -0.39 is 24.3 Å². The minimum atomic E-state index is -3.01. The van der Waals surface area contributed by atoms with Crippen molar-refractivity contribution in [1.82, 2.24) is 4.98 Å². The molecule has 5 rings (SSSR count). The maximum Gasteiger partial charge on any atom is 0.387 e. The van der Waals surface area contributed by atoms with Gasteiger partial charge in [0.1, 0.15) is 17.2 Å². The van der Waals surface area contributed by atoms with Gasteiger partial charge in [-0.05, 0) is 35.9 Å². The van der Waals surface area contributed by atoms with Gasteiger partial charge in [0.25, 0.3) is 0 Å². The van der Waals surface area contributed by atoms with Crippen LogP contribution in [0, 0.1) is 0 Å². The van der Waals surface area contributed by atoms with E-state index in [9.17, 15) is 18.4 Å². The van der Waals surface area contributed by atoms with Gasteiger partial charge in [0, 0.05) is 29.4 Å². The third-order valence-corrected chi connectivity index (χ3v) is 5.29. The highest BCUT2D eigenvalue weighted by molar-refractivity contribution is 6.15. The summed E-state index contributed by atoms with van der Waals surface area (Å²) in [5.41, 5.74) is 1.93. The molecule has 2 aromatic carbocycles.